The second kappa shape index (κ2) is 7.45. The number of amidine groups is 1. The predicted octanol–water partition coefficient (Wildman–Crippen LogP) is 3.11. The number of carbonyl (C=O) groups is 2. The van der Waals surface area contributed by atoms with Crippen molar-refractivity contribution >= 4 is 28.8 Å². The third kappa shape index (κ3) is 3.31. The first-order valence-corrected chi connectivity index (χ1v) is 8.79. The van der Waals surface area contributed by atoms with Crippen LogP contribution in [0.15, 0.2) is 40.5 Å². The third-order valence-electron chi connectivity index (χ3n) is 4.04. The van der Waals surface area contributed by atoms with E-state index in [-0.39, 0.29) is 29.2 Å². The Morgan fingerprint density at radius 1 is 1.38 bits per heavy atom. The number of thioether (sulfide) groups is 1. The van der Waals surface area contributed by atoms with E-state index in [1.54, 1.807) is 25.1 Å². The molecule has 0 unspecified atom stereocenters. The largest absolute Gasteiger partial charge is 0.466 e. The minimum atomic E-state index is -3.04. The molecule has 1 saturated heterocycles. The van der Waals surface area contributed by atoms with Gasteiger partial charge in [0, 0.05) is 17.7 Å². The molecule has 1 amide bonds. The molecule has 3 rings (SSSR count). The van der Waals surface area contributed by atoms with Crippen LogP contribution in [0, 0.1) is 0 Å². The molecule has 6 nitrogen and oxygen atoms in total. The first-order valence-electron chi connectivity index (χ1n) is 7.80. The van der Waals surface area contributed by atoms with Gasteiger partial charge in [-0.2, -0.15) is 8.78 Å². The van der Waals surface area contributed by atoms with Gasteiger partial charge >= 0.3 is 12.6 Å². The van der Waals surface area contributed by atoms with Gasteiger partial charge in [0.2, 0.25) is 5.91 Å². The van der Waals surface area contributed by atoms with Crippen molar-refractivity contribution in [3.8, 4) is 5.75 Å². The number of carbonyl (C=O) groups excluding carboxylic acids is 2. The molecule has 0 radical (unpaired) electrons. The number of esters is 1. The van der Waals surface area contributed by atoms with Crippen LogP contribution in [-0.4, -0.2) is 41.4 Å². The summed E-state index contributed by atoms with van der Waals surface area (Å²) >= 11 is 1.37. The van der Waals surface area contributed by atoms with Crippen LogP contribution in [0.25, 0.3) is 0 Å². The van der Waals surface area contributed by atoms with Gasteiger partial charge in [-0.3, -0.25) is 9.69 Å². The number of ether oxygens (including phenoxy) is 2. The SMILES string of the molecule is COC(=O)C1=C(C)N=C2SCCC(=O)N2[C@@H]1c1ccccc1OC(F)F. The Bertz CT molecular complexity index is 810. The van der Waals surface area contributed by atoms with Crippen LogP contribution >= 0.6 is 11.8 Å². The lowest BCUT2D eigenvalue weighted by Crippen LogP contribution is -2.45. The van der Waals surface area contributed by atoms with Crippen LogP contribution in [0.1, 0.15) is 24.9 Å². The van der Waals surface area contributed by atoms with Crippen molar-refractivity contribution in [2.24, 2.45) is 4.99 Å². The number of benzene rings is 1. The topological polar surface area (TPSA) is 68.2 Å². The summed E-state index contributed by atoms with van der Waals surface area (Å²) in [4.78, 5) is 30.7. The van der Waals surface area contributed by atoms with Gasteiger partial charge in [0.15, 0.2) is 5.17 Å². The monoisotopic (exact) mass is 382 g/mol. The molecule has 138 valence electrons. The van der Waals surface area contributed by atoms with Gasteiger partial charge in [-0.05, 0) is 13.0 Å². The molecule has 1 aromatic rings. The van der Waals surface area contributed by atoms with Crippen LogP contribution in [0.2, 0.25) is 0 Å². The Morgan fingerprint density at radius 2 is 2.12 bits per heavy atom. The number of alkyl halides is 2. The van der Waals surface area contributed by atoms with Crippen molar-refractivity contribution in [2.75, 3.05) is 12.9 Å². The van der Waals surface area contributed by atoms with Gasteiger partial charge in [0.25, 0.3) is 0 Å². The lowest BCUT2D eigenvalue weighted by Gasteiger charge is -2.39. The van der Waals surface area contributed by atoms with Crippen LogP contribution < -0.4 is 4.74 Å². The highest BCUT2D eigenvalue weighted by Gasteiger charge is 2.42. The van der Waals surface area contributed by atoms with Gasteiger partial charge in [0.1, 0.15) is 11.8 Å². The molecule has 0 bridgehead atoms. The Morgan fingerprint density at radius 3 is 2.81 bits per heavy atom. The van der Waals surface area contributed by atoms with Crippen LogP contribution in [0.4, 0.5) is 8.78 Å². The normalized spacial score (nSPS) is 20.0. The number of hydrogen-bond donors (Lipinski definition) is 0. The van der Waals surface area contributed by atoms with Crippen molar-refractivity contribution in [3.63, 3.8) is 0 Å². The summed E-state index contributed by atoms with van der Waals surface area (Å²) < 4.78 is 35.1. The zero-order chi connectivity index (χ0) is 18.8. The Kier molecular flexibility index (Phi) is 5.26. The van der Waals surface area contributed by atoms with Crippen LogP contribution in [0.5, 0.6) is 5.75 Å². The smallest absolute Gasteiger partial charge is 0.387 e. The number of para-hydroxylation sites is 1. The van der Waals surface area contributed by atoms with Crippen molar-refractivity contribution in [1.82, 2.24) is 4.90 Å². The molecule has 9 heteroatoms. The highest BCUT2D eigenvalue weighted by molar-refractivity contribution is 8.14. The second-order valence-corrected chi connectivity index (χ2v) is 6.63. The zero-order valence-corrected chi connectivity index (χ0v) is 14.9. The van der Waals surface area contributed by atoms with Gasteiger partial charge in [-0.25, -0.2) is 9.79 Å². The first kappa shape index (κ1) is 18.4. The van der Waals surface area contributed by atoms with E-state index in [9.17, 15) is 18.4 Å². The molecular weight excluding hydrogens is 366 g/mol. The summed E-state index contributed by atoms with van der Waals surface area (Å²) in [6.07, 6.45) is 0.256. The minimum absolute atomic E-state index is 0.105. The van der Waals surface area contributed by atoms with Gasteiger partial charge in [-0.1, -0.05) is 30.0 Å². The summed E-state index contributed by atoms with van der Waals surface area (Å²) in [5.74, 6) is -0.457. The number of aliphatic imine (C=N–C) groups is 1. The molecule has 0 aliphatic carbocycles. The first-order chi connectivity index (χ1) is 12.4. The van der Waals surface area contributed by atoms with E-state index in [0.717, 1.165) is 0 Å². The number of amides is 1. The average molecular weight is 382 g/mol. The number of fused-ring (bicyclic) bond motifs is 1. The molecule has 1 aromatic carbocycles. The Balaban J connectivity index is 2.19. The van der Waals surface area contributed by atoms with E-state index < -0.39 is 18.6 Å². The number of rotatable bonds is 4. The summed E-state index contributed by atoms with van der Waals surface area (Å²) in [5, 5.41) is 0.434. The van der Waals surface area contributed by atoms with E-state index in [1.165, 1.54) is 29.8 Å². The number of halogens is 2. The van der Waals surface area contributed by atoms with E-state index >= 15 is 0 Å². The molecule has 26 heavy (non-hydrogen) atoms. The summed E-state index contributed by atoms with van der Waals surface area (Å²) in [7, 11) is 1.22. The highest BCUT2D eigenvalue weighted by Crippen LogP contribution is 2.43. The second-order valence-electron chi connectivity index (χ2n) is 5.57. The molecule has 1 fully saturated rings. The molecule has 0 saturated carbocycles. The Hall–Kier alpha value is -2.42. The molecular formula is C17H16F2N2O4S. The van der Waals surface area contributed by atoms with Crippen LogP contribution in [-0.2, 0) is 14.3 Å². The Labute approximate surface area is 152 Å². The highest BCUT2D eigenvalue weighted by atomic mass is 32.2. The third-order valence-corrected chi connectivity index (χ3v) is 5.00. The van der Waals surface area contributed by atoms with E-state index in [4.69, 9.17) is 4.74 Å². The number of allylic oxidation sites excluding steroid dienone is 1. The van der Waals surface area contributed by atoms with Crippen molar-refractivity contribution in [2.45, 2.75) is 26.0 Å². The van der Waals surface area contributed by atoms with Gasteiger partial charge in [-0.15, -0.1) is 0 Å². The van der Waals surface area contributed by atoms with E-state index in [0.29, 0.717) is 16.6 Å². The van der Waals surface area contributed by atoms with Crippen LogP contribution in [0.3, 0.4) is 0 Å². The standard InChI is InChI=1S/C17H16F2N2O4S/c1-9-13(15(23)24-2)14(21-12(22)7-8-26-17(21)20-9)10-5-3-4-6-11(10)25-16(18)19/h3-6,14,16H,7-8H2,1-2H3/t14-/m1/s1. The number of nitrogens with zero attached hydrogens (tertiary/aromatic N) is 2. The van der Waals surface area contributed by atoms with E-state index in [2.05, 4.69) is 9.73 Å². The summed E-state index contributed by atoms with van der Waals surface area (Å²) in [6, 6.07) is 5.16. The average Bonchev–Trinajstić information content (AvgIpc) is 2.60. The lowest BCUT2D eigenvalue weighted by atomic mass is 9.93. The molecule has 2 aliphatic rings. The maximum absolute atomic E-state index is 12.8. The fourth-order valence-corrected chi connectivity index (χ4v) is 3.98. The molecule has 1 atom stereocenters. The molecule has 0 aromatic heterocycles. The minimum Gasteiger partial charge on any atom is -0.466 e. The maximum Gasteiger partial charge on any atom is 0.387 e. The predicted molar refractivity (Wildman–Crippen MR) is 91.9 cm³/mol. The number of hydrogen-bond acceptors (Lipinski definition) is 6. The zero-order valence-electron chi connectivity index (χ0n) is 14.1. The van der Waals surface area contributed by atoms with Gasteiger partial charge in [0.05, 0.1) is 18.4 Å². The summed E-state index contributed by atoms with van der Waals surface area (Å²) in [6.45, 7) is -1.41. The maximum atomic E-state index is 12.8. The van der Waals surface area contributed by atoms with Gasteiger partial charge < -0.3 is 9.47 Å². The number of methoxy groups -OCH3 is 1. The fraction of sp³-hybridized carbons (Fsp3) is 0.353. The lowest BCUT2D eigenvalue weighted by molar-refractivity contribution is -0.137. The van der Waals surface area contributed by atoms with Crippen molar-refractivity contribution in [1.29, 1.82) is 0 Å². The summed E-state index contributed by atoms with van der Waals surface area (Å²) in [5.41, 5.74) is 0.773. The van der Waals surface area contributed by atoms with E-state index in [1.807, 2.05) is 0 Å². The quantitative estimate of drug-likeness (QED) is 0.749. The molecule has 0 spiro atoms. The molecule has 0 N–H and O–H groups in total. The van der Waals surface area contributed by atoms with Crippen molar-refractivity contribution in [3.05, 3.63) is 41.1 Å². The fourth-order valence-electron chi connectivity index (χ4n) is 2.97. The molecule has 2 aliphatic heterocycles. The van der Waals surface area contributed by atoms with Crippen molar-refractivity contribution < 1.29 is 27.8 Å². The molecule has 2 heterocycles.